The number of carbonyl (C=O) groups is 2. The quantitative estimate of drug-likeness (QED) is 0.496. The number of halogens is 2. The van der Waals surface area contributed by atoms with E-state index in [9.17, 15) is 14.0 Å². The van der Waals surface area contributed by atoms with Gasteiger partial charge in [0.25, 0.3) is 11.1 Å². The van der Waals surface area contributed by atoms with Crippen molar-refractivity contribution in [2.45, 2.75) is 45.2 Å². The third kappa shape index (κ3) is 4.11. The predicted octanol–water partition coefficient (Wildman–Crippen LogP) is 6.44. The number of benzene rings is 2. The van der Waals surface area contributed by atoms with E-state index in [-0.39, 0.29) is 29.0 Å². The highest BCUT2D eigenvalue weighted by molar-refractivity contribution is 8.18. The Bertz CT molecular complexity index is 1100. The van der Waals surface area contributed by atoms with Crippen molar-refractivity contribution in [1.82, 2.24) is 4.90 Å². The molecule has 0 bridgehead atoms. The molecule has 2 aromatic carbocycles. The molecule has 0 aromatic heterocycles. The number of hydrogen-bond donors (Lipinski definition) is 0. The van der Waals surface area contributed by atoms with Gasteiger partial charge in [-0.25, -0.2) is 4.39 Å². The summed E-state index contributed by atoms with van der Waals surface area (Å²) in [7, 11) is 2.07. The van der Waals surface area contributed by atoms with Crippen molar-refractivity contribution in [2.24, 2.45) is 0 Å². The third-order valence-electron chi connectivity index (χ3n) is 6.17. The molecule has 2 aromatic rings. The average molecular weight is 459 g/mol. The second kappa shape index (κ2) is 7.99. The molecule has 2 amide bonds. The zero-order chi connectivity index (χ0) is 22.5. The Morgan fingerprint density at radius 3 is 2.58 bits per heavy atom. The summed E-state index contributed by atoms with van der Waals surface area (Å²) < 4.78 is 13.1. The number of hydrogen-bond acceptors (Lipinski definition) is 4. The van der Waals surface area contributed by atoms with Crippen molar-refractivity contribution < 1.29 is 14.0 Å². The van der Waals surface area contributed by atoms with Gasteiger partial charge in [0.1, 0.15) is 5.82 Å². The summed E-state index contributed by atoms with van der Waals surface area (Å²) in [5, 5.41) is 0.199. The predicted molar refractivity (Wildman–Crippen MR) is 125 cm³/mol. The lowest BCUT2D eigenvalue weighted by molar-refractivity contribution is -0.123. The molecule has 1 saturated heterocycles. The molecule has 4 rings (SSSR count). The molecule has 4 nitrogen and oxygen atoms in total. The molecule has 0 spiro atoms. The van der Waals surface area contributed by atoms with E-state index in [0.717, 1.165) is 29.4 Å². The maximum atomic E-state index is 13.1. The zero-order valence-corrected chi connectivity index (χ0v) is 19.5. The highest BCUT2D eigenvalue weighted by Gasteiger charge is 2.37. The fraction of sp³-hybridized carbons (Fsp3) is 0.333. The molecule has 2 aliphatic rings. The number of anilines is 1. The Hall–Kier alpha value is -2.31. The van der Waals surface area contributed by atoms with Crippen LogP contribution in [0, 0.1) is 5.82 Å². The van der Waals surface area contributed by atoms with Crippen LogP contribution in [0.15, 0.2) is 41.3 Å². The van der Waals surface area contributed by atoms with E-state index in [1.54, 1.807) is 18.2 Å². The second-order valence-electron chi connectivity index (χ2n) is 8.80. The van der Waals surface area contributed by atoms with Gasteiger partial charge in [0, 0.05) is 23.3 Å². The van der Waals surface area contributed by atoms with Gasteiger partial charge in [-0.15, -0.1) is 0 Å². The van der Waals surface area contributed by atoms with E-state index < -0.39 is 0 Å². The summed E-state index contributed by atoms with van der Waals surface area (Å²) in [4.78, 5) is 29.1. The molecule has 1 atom stereocenters. The minimum Gasteiger partial charge on any atom is -0.369 e. The van der Waals surface area contributed by atoms with Crippen molar-refractivity contribution in [1.29, 1.82) is 0 Å². The van der Waals surface area contributed by atoms with Gasteiger partial charge in [-0.1, -0.05) is 30.7 Å². The van der Waals surface area contributed by atoms with Crippen molar-refractivity contribution in [3.63, 3.8) is 0 Å². The number of rotatable bonds is 3. The van der Waals surface area contributed by atoms with Gasteiger partial charge in [-0.2, -0.15) is 0 Å². The van der Waals surface area contributed by atoms with Gasteiger partial charge in [-0.3, -0.25) is 14.5 Å². The van der Waals surface area contributed by atoms with Crippen molar-refractivity contribution >= 4 is 46.3 Å². The molecular formula is C24H24ClFN2O2S. The first kappa shape index (κ1) is 21.9. The van der Waals surface area contributed by atoms with Gasteiger partial charge in [0.05, 0.1) is 11.4 Å². The molecule has 0 saturated carbocycles. The Morgan fingerprint density at radius 2 is 1.90 bits per heavy atom. The molecule has 0 N–H and O–H groups in total. The van der Waals surface area contributed by atoms with Gasteiger partial charge < -0.3 is 4.90 Å². The van der Waals surface area contributed by atoms with E-state index in [0.29, 0.717) is 21.4 Å². The Labute approximate surface area is 191 Å². The summed E-state index contributed by atoms with van der Waals surface area (Å²) in [5.74, 6) is -0.373. The lowest BCUT2D eigenvalue weighted by atomic mass is 9.80. The first-order chi connectivity index (χ1) is 14.6. The molecule has 0 radical (unpaired) electrons. The lowest BCUT2D eigenvalue weighted by Gasteiger charge is -2.45. The van der Waals surface area contributed by atoms with Gasteiger partial charge in [0.2, 0.25) is 0 Å². The van der Waals surface area contributed by atoms with Gasteiger partial charge in [-0.05, 0) is 85.0 Å². The standard InChI is InChI=1S/C24H24ClFN2O2S/c1-14-12-24(2,3)27(4)20-11-19(25)16(9-18(14)20)10-21-22(29)28(23(30)31-21)13-15-5-7-17(26)8-6-15/h5-11,14H,12-13H2,1-4H3/b21-10-/t14-/m0/s1. The Morgan fingerprint density at radius 1 is 1.23 bits per heavy atom. The normalized spacial score (nSPS) is 21.7. The first-order valence-corrected chi connectivity index (χ1v) is 11.3. The minimum atomic E-state index is -0.362. The van der Waals surface area contributed by atoms with Crippen LogP contribution in [0.5, 0.6) is 0 Å². The van der Waals surface area contributed by atoms with Gasteiger partial charge >= 0.3 is 0 Å². The number of carbonyl (C=O) groups excluding carboxylic acids is 2. The molecule has 2 aliphatic heterocycles. The van der Waals surface area contributed by atoms with Crippen molar-refractivity contribution in [3.05, 3.63) is 68.8 Å². The second-order valence-corrected chi connectivity index (χ2v) is 10.2. The minimum absolute atomic E-state index is 0.0280. The molecule has 162 valence electrons. The summed E-state index contributed by atoms with van der Waals surface area (Å²) in [6.45, 7) is 6.73. The third-order valence-corrected chi connectivity index (χ3v) is 7.40. The molecule has 31 heavy (non-hydrogen) atoms. The summed E-state index contributed by atoms with van der Waals surface area (Å²) in [6.07, 6.45) is 2.70. The number of thioether (sulfide) groups is 1. The maximum absolute atomic E-state index is 13.1. The summed E-state index contributed by atoms with van der Waals surface area (Å²) in [5.41, 5.74) is 3.72. The van der Waals surface area contributed by atoms with Crippen LogP contribution in [0.3, 0.4) is 0 Å². The lowest BCUT2D eigenvalue weighted by Crippen LogP contribution is -2.45. The fourth-order valence-electron chi connectivity index (χ4n) is 4.27. The largest absolute Gasteiger partial charge is 0.369 e. The average Bonchev–Trinajstić information content (AvgIpc) is 2.96. The smallest absolute Gasteiger partial charge is 0.293 e. The van der Waals surface area contributed by atoms with Crippen LogP contribution in [-0.2, 0) is 11.3 Å². The number of imide groups is 1. The number of fused-ring (bicyclic) bond motifs is 1. The van der Waals surface area contributed by atoms with E-state index in [1.807, 2.05) is 12.1 Å². The van der Waals surface area contributed by atoms with Crippen LogP contribution in [-0.4, -0.2) is 28.6 Å². The van der Waals surface area contributed by atoms with Crippen LogP contribution in [0.25, 0.3) is 6.08 Å². The molecule has 1 fully saturated rings. The van der Waals surface area contributed by atoms with Crippen LogP contribution < -0.4 is 4.90 Å². The number of amides is 2. The van der Waals surface area contributed by atoms with Gasteiger partial charge in [0.15, 0.2) is 0 Å². The van der Waals surface area contributed by atoms with Crippen molar-refractivity contribution in [2.75, 3.05) is 11.9 Å². The number of nitrogens with zero attached hydrogens (tertiary/aromatic N) is 2. The molecule has 0 aliphatic carbocycles. The highest BCUT2D eigenvalue weighted by atomic mass is 35.5. The molecule has 2 heterocycles. The maximum Gasteiger partial charge on any atom is 0.293 e. The first-order valence-electron chi connectivity index (χ1n) is 10.1. The monoisotopic (exact) mass is 458 g/mol. The zero-order valence-electron chi connectivity index (χ0n) is 17.9. The molecular weight excluding hydrogens is 435 g/mol. The Balaban J connectivity index is 1.63. The highest BCUT2D eigenvalue weighted by Crippen LogP contribution is 2.45. The molecule has 0 unspecified atom stereocenters. The summed E-state index contributed by atoms with van der Waals surface area (Å²) in [6, 6.07) is 9.75. The fourth-order valence-corrected chi connectivity index (χ4v) is 5.31. The Kier molecular flexibility index (Phi) is 5.64. The van der Waals surface area contributed by atoms with Crippen molar-refractivity contribution in [3.8, 4) is 0 Å². The van der Waals surface area contributed by atoms with E-state index >= 15 is 0 Å². The van der Waals surface area contributed by atoms with Crippen LogP contribution in [0.1, 0.15) is 49.8 Å². The topological polar surface area (TPSA) is 40.6 Å². The van der Waals surface area contributed by atoms with E-state index in [4.69, 9.17) is 11.6 Å². The molecule has 7 heteroatoms. The summed E-state index contributed by atoms with van der Waals surface area (Å²) >= 11 is 7.49. The van der Waals surface area contributed by atoms with Crippen LogP contribution >= 0.6 is 23.4 Å². The van der Waals surface area contributed by atoms with Crippen LogP contribution in [0.2, 0.25) is 5.02 Å². The van der Waals surface area contributed by atoms with E-state index in [1.165, 1.54) is 22.6 Å². The van der Waals surface area contributed by atoms with Crippen LogP contribution in [0.4, 0.5) is 14.9 Å². The van der Waals surface area contributed by atoms with E-state index in [2.05, 4.69) is 32.7 Å². The SMILES string of the molecule is C[C@H]1CC(C)(C)N(C)c2cc(Cl)c(/C=C3\SC(=O)N(Cc4ccc(F)cc4)C3=O)cc21.